The molecule has 1 saturated heterocycles. The van der Waals surface area contributed by atoms with Gasteiger partial charge in [0.05, 0.1) is 12.2 Å². The molecule has 0 radical (unpaired) electrons. The molecule has 0 spiro atoms. The number of hydrogen-bond acceptors (Lipinski definition) is 3. The van der Waals surface area contributed by atoms with E-state index in [1.807, 2.05) is 54.3 Å². The summed E-state index contributed by atoms with van der Waals surface area (Å²) in [7, 11) is 0. The van der Waals surface area contributed by atoms with E-state index in [1.165, 1.54) is 0 Å². The Morgan fingerprint density at radius 1 is 1.00 bits per heavy atom. The summed E-state index contributed by atoms with van der Waals surface area (Å²) in [6.45, 7) is 4.92. The second-order valence-corrected chi connectivity index (χ2v) is 8.29. The van der Waals surface area contributed by atoms with Crippen LogP contribution in [0.3, 0.4) is 0 Å². The Morgan fingerprint density at radius 3 is 2.19 bits per heavy atom. The van der Waals surface area contributed by atoms with Crippen molar-refractivity contribution in [1.29, 1.82) is 0 Å². The highest BCUT2D eigenvalue weighted by Crippen LogP contribution is 2.32. The predicted octanol–water partition coefficient (Wildman–Crippen LogP) is 3.92. The first-order valence-corrected chi connectivity index (χ1v) is 10.3. The molecule has 7 heteroatoms. The van der Waals surface area contributed by atoms with Crippen molar-refractivity contribution in [3.05, 3.63) is 62.5 Å². The standard InChI is InChI=1S/C20H21Br2N3O2/c1-14-11-16(21)19(17(22)12-14)23-18(26)13-24-7-9-25(10-8-24)20(27)15-5-3-2-4-6-15/h2-6,11-12H,7-10,13H2,1H3,(H,23,26). The molecular formula is C20H21Br2N3O2. The molecule has 0 atom stereocenters. The highest BCUT2D eigenvalue weighted by molar-refractivity contribution is 9.11. The summed E-state index contributed by atoms with van der Waals surface area (Å²) < 4.78 is 1.70. The Hall–Kier alpha value is -1.70. The molecule has 5 nitrogen and oxygen atoms in total. The fourth-order valence-electron chi connectivity index (χ4n) is 3.07. The van der Waals surface area contributed by atoms with Crippen LogP contribution in [0.5, 0.6) is 0 Å². The number of hydrogen-bond donors (Lipinski definition) is 1. The Kier molecular flexibility index (Phi) is 6.68. The molecular weight excluding hydrogens is 474 g/mol. The maximum atomic E-state index is 12.5. The van der Waals surface area contributed by atoms with Crippen LogP contribution in [0.1, 0.15) is 15.9 Å². The molecule has 1 fully saturated rings. The normalized spacial score (nSPS) is 14.9. The Morgan fingerprint density at radius 2 is 1.59 bits per heavy atom. The zero-order chi connectivity index (χ0) is 19.4. The van der Waals surface area contributed by atoms with Crippen molar-refractivity contribution in [1.82, 2.24) is 9.80 Å². The number of aryl methyl sites for hydroxylation is 1. The van der Waals surface area contributed by atoms with Gasteiger partial charge in [-0.05, 0) is 68.6 Å². The monoisotopic (exact) mass is 493 g/mol. The second-order valence-electron chi connectivity index (χ2n) is 6.59. The third kappa shape index (κ3) is 5.18. The van der Waals surface area contributed by atoms with Gasteiger partial charge in [-0.2, -0.15) is 0 Å². The minimum atomic E-state index is -0.0666. The average molecular weight is 495 g/mol. The quantitative estimate of drug-likeness (QED) is 0.700. The van der Waals surface area contributed by atoms with Crippen molar-refractivity contribution in [2.75, 3.05) is 38.0 Å². The SMILES string of the molecule is Cc1cc(Br)c(NC(=O)CN2CCN(C(=O)c3ccccc3)CC2)c(Br)c1. The van der Waals surface area contributed by atoms with Gasteiger partial charge in [-0.1, -0.05) is 18.2 Å². The van der Waals surface area contributed by atoms with Crippen LogP contribution in [-0.4, -0.2) is 54.3 Å². The molecule has 2 aromatic rings. The fraction of sp³-hybridized carbons (Fsp3) is 0.300. The Bertz CT molecular complexity index is 811. The Balaban J connectivity index is 1.52. The first-order valence-electron chi connectivity index (χ1n) is 8.76. The highest BCUT2D eigenvalue weighted by atomic mass is 79.9. The van der Waals surface area contributed by atoms with Crippen LogP contribution in [-0.2, 0) is 4.79 Å². The van der Waals surface area contributed by atoms with E-state index < -0.39 is 0 Å². The number of carbonyl (C=O) groups excluding carboxylic acids is 2. The topological polar surface area (TPSA) is 52.7 Å². The van der Waals surface area contributed by atoms with Crippen LogP contribution in [0.15, 0.2) is 51.4 Å². The molecule has 0 saturated carbocycles. The van der Waals surface area contributed by atoms with Crippen molar-refractivity contribution < 1.29 is 9.59 Å². The van der Waals surface area contributed by atoms with Crippen molar-refractivity contribution in [2.45, 2.75) is 6.92 Å². The molecule has 0 unspecified atom stereocenters. The first-order chi connectivity index (χ1) is 12.9. The number of benzene rings is 2. The van der Waals surface area contributed by atoms with E-state index in [-0.39, 0.29) is 11.8 Å². The van der Waals surface area contributed by atoms with Gasteiger partial charge in [0.15, 0.2) is 0 Å². The molecule has 0 bridgehead atoms. The van der Waals surface area contributed by atoms with Gasteiger partial charge in [0.25, 0.3) is 5.91 Å². The molecule has 1 aliphatic heterocycles. The lowest BCUT2D eigenvalue weighted by Crippen LogP contribution is -2.50. The molecule has 142 valence electrons. The van der Waals surface area contributed by atoms with Gasteiger partial charge in [0.2, 0.25) is 5.91 Å². The first kappa shape index (κ1) is 20.0. The van der Waals surface area contributed by atoms with E-state index in [0.29, 0.717) is 38.3 Å². The molecule has 27 heavy (non-hydrogen) atoms. The summed E-state index contributed by atoms with van der Waals surface area (Å²) in [5, 5.41) is 2.96. The summed E-state index contributed by atoms with van der Waals surface area (Å²) in [6, 6.07) is 13.2. The smallest absolute Gasteiger partial charge is 0.253 e. The van der Waals surface area contributed by atoms with Crippen molar-refractivity contribution in [2.24, 2.45) is 0 Å². The van der Waals surface area contributed by atoms with Crippen LogP contribution in [0, 0.1) is 6.92 Å². The number of carbonyl (C=O) groups is 2. The van der Waals surface area contributed by atoms with Gasteiger partial charge in [0.1, 0.15) is 0 Å². The number of rotatable bonds is 4. The van der Waals surface area contributed by atoms with Crippen LogP contribution in [0.4, 0.5) is 5.69 Å². The Labute approximate surface area is 176 Å². The lowest BCUT2D eigenvalue weighted by Gasteiger charge is -2.34. The number of amides is 2. The number of nitrogens with zero attached hydrogens (tertiary/aromatic N) is 2. The van der Waals surface area contributed by atoms with E-state index >= 15 is 0 Å². The van der Waals surface area contributed by atoms with Gasteiger partial charge in [0, 0.05) is 40.7 Å². The minimum Gasteiger partial charge on any atom is -0.336 e. The maximum Gasteiger partial charge on any atom is 0.253 e. The largest absolute Gasteiger partial charge is 0.336 e. The maximum absolute atomic E-state index is 12.5. The van der Waals surface area contributed by atoms with Crippen LogP contribution in [0.2, 0.25) is 0 Å². The van der Waals surface area contributed by atoms with E-state index in [2.05, 4.69) is 42.1 Å². The van der Waals surface area contributed by atoms with E-state index in [4.69, 9.17) is 0 Å². The molecule has 1 N–H and O–H groups in total. The lowest BCUT2D eigenvalue weighted by molar-refractivity contribution is -0.117. The fourth-order valence-corrected chi connectivity index (χ4v) is 4.69. The molecule has 2 aromatic carbocycles. The number of nitrogens with one attached hydrogen (secondary N) is 1. The van der Waals surface area contributed by atoms with Gasteiger partial charge < -0.3 is 10.2 Å². The van der Waals surface area contributed by atoms with E-state index in [9.17, 15) is 9.59 Å². The molecule has 3 rings (SSSR count). The molecule has 1 aliphatic rings. The summed E-state index contributed by atoms with van der Waals surface area (Å²) in [5.41, 5.74) is 2.55. The summed E-state index contributed by atoms with van der Waals surface area (Å²) in [6.07, 6.45) is 0. The van der Waals surface area contributed by atoms with Crippen molar-refractivity contribution in [3.63, 3.8) is 0 Å². The van der Waals surface area contributed by atoms with Gasteiger partial charge in [-0.25, -0.2) is 0 Å². The zero-order valence-electron chi connectivity index (χ0n) is 15.0. The van der Waals surface area contributed by atoms with Crippen LogP contribution >= 0.6 is 31.9 Å². The average Bonchev–Trinajstić information content (AvgIpc) is 2.65. The van der Waals surface area contributed by atoms with E-state index in [1.54, 1.807) is 0 Å². The predicted molar refractivity (Wildman–Crippen MR) is 114 cm³/mol. The number of piperazine rings is 1. The third-order valence-corrected chi connectivity index (χ3v) is 5.75. The second kappa shape index (κ2) is 8.99. The molecule has 0 aromatic heterocycles. The van der Waals surface area contributed by atoms with E-state index in [0.717, 1.165) is 20.2 Å². The highest BCUT2D eigenvalue weighted by Gasteiger charge is 2.23. The van der Waals surface area contributed by atoms with Gasteiger partial charge in [-0.3, -0.25) is 14.5 Å². The van der Waals surface area contributed by atoms with Gasteiger partial charge in [-0.15, -0.1) is 0 Å². The third-order valence-electron chi connectivity index (χ3n) is 4.50. The minimum absolute atomic E-state index is 0.0484. The molecule has 1 heterocycles. The van der Waals surface area contributed by atoms with Crippen LogP contribution < -0.4 is 5.32 Å². The summed E-state index contributed by atoms with van der Waals surface area (Å²) in [5.74, 6) is -0.0182. The summed E-state index contributed by atoms with van der Waals surface area (Å²) >= 11 is 6.99. The molecule has 2 amide bonds. The van der Waals surface area contributed by atoms with Crippen molar-refractivity contribution >= 4 is 49.4 Å². The number of halogens is 2. The van der Waals surface area contributed by atoms with Gasteiger partial charge >= 0.3 is 0 Å². The van der Waals surface area contributed by atoms with Crippen LogP contribution in [0.25, 0.3) is 0 Å². The number of anilines is 1. The van der Waals surface area contributed by atoms with Crippen molar-refractivity contribution in [3.8, 4) is 0 Å². The lowest BCUT2D eigenvalue weighted by atomic mass is 10.2. The molecule has 0 aliphatic carbocycles. The zero-order valence-corrected chi connectivity index (χ0v) is 18.2. The summed E-state index contributed by atoms with van der Waals surface area (Å²) in [4.78, 5) is 28.8.